The number of amides is 1. The first-order chi connectivity index (χ1) is 12.4. The summed E-state index contributed by atoms with van der Waals surface area (Å²) in [7, 11) is -0.702. The Labute approximate surface area is 155 Å². The molecule has 0 saturated carbocycles. The lowest BCUT2D eigenvalue weighted by Crippen LogP contribution is -2.40. The van der Waals surface area contributed by atoms with Gasteiger partial charge in [-0.15, -0.1) is 0 Å². The highest BCUT2D eigenvalue weighted by atomic mass is 32.2. The molecule has 6 nitrogen and oxygen atoms in total. The molecule has 0 aliphatic rings. The zero-order chi connectivity index (χ0) is 19.2. The molecular formula is C19H24N2O4S. The standard InChI is InChI=1S/C19H24N2O4S/c1-4-13-25-17-10-8-9-16(14-17)21(15-19(22)20(2)3)26(23,24)18-11-6-5-7-12-18/h5-12,14H,4,13,15H2,1-3H3. The number of nitrogens with zero attached hydrogens (tertiary/aromatic N) is 2. The summed E-state index contributed by atoms with van der Waals surface area (Å²) in [4.78, 5) is 13.7. The molecule has 7 heteroatoms. The number of anilines is 1. The van der Waals surface area contributed by atoms with E-state index in [0.717, 1.165) is 10.7 Å². The minimum Gasteiger partial charge on any atom is -0.494 e. The smallest absolute Gasteiger partial charge is 0.264 e. The number of hydrogen-bond donors (Lipinski definition) is 0. The lowest BCUT2D eigenvalue weighted by molar-refractivity contribution is -0.127. The molecule has 0 heterocycles. The number of carbonyl (C=O) groups excluding carboxylic acids is 1. The highest BCUT2D eigenvalue weighted by Crippen LogP contribution is 2.27. The fraction of sp³-hybridized carbons (Fsp3) is 0.316. The average Bonchev–Trinajstić information content (AvgIpc) is 2.64. The van der Waals surface area contributed by atoms with Crippen LogP contribution >= 0.6 is 0 Å². The summed E-state index contributed by atoms with van der Waals surface area (Å²) in [6.45, 7) is 2.23. The van der Waals surface area contributed by atoms with E-state index < -0.39 is 10.0 Å². The molecule has 0 atom stereocenters. The first-order valence-electron chi connectivity index (χ1n) is 8.37. The van der Waals surface area contributed by atoms with Gasteiger partial charge in [-0.25, -0.2) is 8.42 Å². The molecule has 0 aliphatic carbocycles. The third-order valence-electron chi connectivity index (χ3n) is 3.69. The maximum atomic E-state index is 13.1. The zero-order valence-electron chi connectivity index (χ0n) is 15.3. The van der Waals surface area contributed by atoms with Crippen molar-refractivity contribution < 1.29 is 17.9 Å². The summed E-state index contributed by atoms with van der Waals surface area (Å²) < 4.78 is 33.0. The van der Waals surface area contributed by atoms with E-state index >= 15 is 0 Å². The molecule has 0 unspecified atom stereocenters. The van der Waals surface area contributed by atoms with E-state index in [1.54, 1.807) is 56.6 Å². The van der Waals surface area contributed by atoms with Gasteiger partial charge < -0.3 is 9.64 Å². The quantitative estimate of drug-likeness (QED) is 0.710. The van der Waals surface area contributed by atoms with Crippen molar-refractivity contribution in [1.82, 2.24) is 4.90 Å². The Kier molecular flexibility index (Phi) is 6.63. The highest BCUT2D eigenvalue weighted by Gasteiger charge is 2.27. The molecule has 26 heavy (non-hydrogen) atoms. The number of benzene rings is 2. The van der Waals surface area contributed by atoms with Crippen LogP contribution in [0, 0.1) is 0 Å². The van der Waals surface area contributed by atoms with E-state index in [9.17, 15) is 13.2 Å². The molecule has 0 N–H and O–H groups in total. The molecule has 0 fully saturated rings. The van der Waals surface area contributed by atoms with Crippen molar-refractivity contribution in [3.8, 4) is 5.75 Å². The third kappa shape index (κ3) is 4.76. The van der Waals surface area contributed by atoms with Crippen LogP contribution in [0.3, 0.4) is 0 Å². The van der Waals surface area contributed by atoms with Crippen molar-refractivity contribution >= 4 is 21.6 Å². The molecule has 0 spiro atoms. The third-order valence-corrected chi connectivity index (χ3v) is 5.48. The second kappa shape index (κ2) is 8.71. The van der Waals surface area contributed by atoms with Gasteiger partial charge in [-0.05, 0) is 30.7 Å². The molecule has 140 valence electrons. The van der Waals surface area contributed by atoms with Gasteiger partial charge in [0.05, 0.1) is 17.2 Å². The van der Waals surface area contributed by atoms with E-state index in [-0.39, 0.29) is 17.3 Å². The SMILES string of the molecule is CCCOc1cccc(N(CC(=O)N(C)C)S(=O)(=O)c2ccccc2)c1. The fourth-order valence-electron chi connectivity index (χ4n) is 2.25. The Morgan fingerprint density at radius 1 is 1.04 bits per heavy atom. The molecule has 2 aromatic carbocycles. The van der Waals surface area contributed by atoms with Crippen molar-refractivity contribution in [2.45, 2.75) is 18.2 Å². The van der Waals surface area contributed by atoms with Gasteiger partial charge in [-0.2, -0.15) is 0 Å². The Balaban J connectivity index is 2.46. The number of sulfonamides is 1. The maximum Gasteiger partial charge on any atom is 0.264 e. The molecular weight excluding hydrogens is 352 g/mol. The van der Waals surface area contributed by atoms with Crippen molar-refractivity contribution in [1.29, 1.82) is 0 Å². The molecule has 2 rings (SSSR count). The van der Waals surface area contributed by atoms with E-state index in [1.807, 2.05) is 6.92 Å². The highest BCUT2D eigenvalue weighted by molar-refractivity contribution is 7.92. The van der Waals surface area contributed by atoms with Crippen LogP contribution in [0.2, 0.25) is 0 Å². The van der Waals surface area contributed by atoms with Crippen molar-refractivity contribution in [2.24, 2.45) is 0 Å². The first kappa shape index (κ1) is 19.8. The van der Waals surface area contributed by atoms with Crippen LogP contribution < -0.4 is 9.04 Å². The number of rotatable bonds is 8. The minimum absolute atomic E-state index is 0.131. The van der Waals surface area contributed by atoms with Gasteiger partial charge in [0.15, 0.2) is 0 Å². The van der Waals surface area contributed by atoms with Gasteiger partial charge in [-0.1, -0.05) is 31.2 Å². The predicted molar refractivity (Wildman–Crippen MR) is 102 cm³/mol. The van der Waals surface area contributed by atoms with Gasteiger partial charge in [0.25, 0.3) is 10.0 Å². The van der Waals surface area contributed by atoms with Crippen LogP contribution in [0.1, 0.15) is 13.3 Å². The Morgan fingerprint density at radius 2 is 1.73 bits per heavy atom. The summed E-state index contributed by atoms with van der Waals surface area (Å²) in [5, 5.41) is 0. The summed E-state index contributed by atoms with van der Waals surface area (Å²) in [6.07, 6.45) is 0.843. The van der Waals surface area contributed by atoms with Crippen LogP contribution in [0.5, 0.6) is 5.75 Å². The van der Waals surface area contributed by atoms with Crippen LogP contribution in [-0.4, -0.2) is 46.5 Å². The molecule has 0 aliphatic heterocycles. The van der Waals surface area contributed by atoms with Gasteiger partial charge in [0.1, 0.15) is 12.3 Å². The Bertz CT molecular complexity index is 836. The van der Waals surface area contributed by atoms with Gasteiger partial charge in [0.2, 0.25) is 5.91 Å². The monoisotopic (exact) mass is 376 g/mol. The van der Waals surface area contributed by atoms with Crippen molar-refractivity contribution in [3.05, 3.63) is 54.6 Å². The molecule has 0 bridgehead atoms. The maximum absolute atomic E-state index is 13.1. The Hall–Kier alpha value is -2.54. The summed E-state index contributed by atoms with van der Waals surface area (Å²) >= 11 is 0. The minimum atomic E-state index is -3.89. The van der Waals surface area contributed by atoms with Crippen molar-refractivity contribution in [2.75, 3.05) is 31.6 Å². The molecule has 2 aromatic rings. The van der Waals surface area contributed by atoms with Crippen LogP contribution in [0.25, 0.3) is 0 Å². The summed E-state index contributed by atoms with van der Waals surface area (Å²) in [6, 6.07) is 14.8. The average molecular weight is 376 g/mol. The number of carbonyl (C=O) groups is 1. The lowest BCUT2D eigenvalue weighted by atomic mass is 10.3. The molecule has 1 amide bonds. The van der Waals surface area contributed by atoms with Crippen LogP contribution in [0.15, 0.2) is 59.5 Å². The van der Waals surface area contributed by atoms with Gasteiger partial charge in [0, 0.05) is 20.2 Å². The van der Waals surface area contributed by atoms with E-state index in [4.69, 9.17) is 4.74 Å². The Morgan fingerprint density at radius 3 is 2.35 bits per heavy atom. The number of ether oxygens (including phenoxy) is 1. The molecule has 0 saturated heterocycles. The van der Waals surface area contributed by atoms with E-state index in [2.05, 4.69) is 0 Å². The first-order valence-corrected chi connectivity index (χ1v) is 9.81. The summed E-state index contributed by atoms with van der Waals surface area (Å²) in [5.74, 6) is 0.249. The zero-order valence-corrected chi connectivity index (χ0v) is 16.1. The van der Waals surface area contributed by atoms with E-state index in [1.165, 1.54) is 17.0 Å². The van der Waals surface area contributed by atoms with E-state index in [0.29, 0.717) is 18.0 Å². The normalized spacial score (nSPS) is 11.0. The number of hydrogen-bond acceptors (Lipinski definition) is 4. The summed E-state index contributed by atoms with van der Waals surface area (Å²) in [5.41, 5.74) is 0.387. The fourth-order valence-corrected chi connectivity index (χ4v) is 3.67. The second-order valence-electron chi connectivity index (χ2n) is 5.96. The molecule has 0 radical (unpaired) electrons. The predicted octanol–water partition coefficient (Wildman–Crippen LogP) is 2.76. The van der Waals surface area contributed by atoms with Crippen molar-refractivity contribution in [3.63, 3.8) is 0 Å². The lowest BCUT2D eigenvalue weighted by Gasteiger charge is -2.25. The van der Waals surface area contributed by atoms with Crippen LogP contribution in [-0.2, 0) is 14.8 Å². The largest absolute Gasteiger partial charge is 0.494 e. The topological polar surface area (TPSA) is 66.9 Å². The van der Waals surface area contributed by atoms with Gasteiger partial charge in [-0.3, -0.25) is 9.10 Å². The van der Waals surface area contributed by atoms with Gasteiger partial charge >= 0.3 is 0 Å². The molecule has 0 aromatic heterocycles. The van der Waals surface area contributed by atoms with Crippen LogP contribution in [0.4, 0.5) is 5.69 Å². The second-order valence-corrected chi connectivity index (χ2v) is 7.82. The number of likely N-dealkylation sites (N-methyl/N-ethyl adjacent to an activating group) is 1.